The van der Waals surface area contributed by atoms with Crippen LogP contribution in [0.15, 0.2) is 18.2 Å². The zero-order valence-electron chi connectivity index (χ0n) is 8.75. The van der Waals surface area contributed by atoms with Crippen molar-refractivity contribution in [1.82, 2.24) is 0 Å². The third-order valence-electron chi connectivity index (χ3n) is 2.01. The highest BCUT2D eigenvalue weighted by Crippen LogP contribution is 2.17. The smallest absolute Gasteiger partial charge is 0.224 e. The number of halogens is 1. The molecule has 1 N–H and O–H groups in total. The van der Waals surface area contributed by atoms with Crippen LogP contribution in [0.4, 0.5) is 5.69 Å². The summed E-state index contributed by atoms with van der Waals surface area (Å²) in [5.74, 6) is -1.53. The first-order chi connectivity index (χ1) is 7.49. The van der Waals surface area contributed by atoms with Crippen molar-refractivity contribution in [1.29, 1.82) is 0 Å². The number of anilines is 1. The number of aryl methyl sites for hydroxylation is 1. The highest BCUT2D eigenvalue weighted by molar-refractivity contribution is 14.1. The summed E-state index contributed by atoms with van der Waals surface area (Å²) in [6, 6.07) is 5.53. The number of rotatable bonds is 4. The van der Waals surface area contributed by atoms with E-state index < -0.39 is 5.97 Å². The van der Waals surface area contributed by atoms with Crippen molar-refractivity contribution < 1.29 is 14.7 Å². The Hall–Kier alpha value is -1.11. The fourth-order valence-electron chi connectivity index (χ4n) is 1.11. The fourth-order valence-corrected chi connectivity index (χ4v) is 1.62. The van der Waals surface area contributed by atoms with Crippen molar-refractivity contribution in [3.8, 4) is 0 Å². The second-order valence-electron chi connectivity index (χ2n) is 3.38. The summed E-state index contributed by atoms with van der Waals surface area (Å²) in [7, 11) is 0. The van der Waals surface area contributed by atoms with Gasteiger partial charge in [0.1, 0.15) is 0 Å². The molecule has 1 rings (SSSR count). The third kappa shape index (κ3) is 4.18. The maximum atomic E-state index is 11.3. The van der Waals surface area contributed by atoms with Crippen LogP contribution in [-0.4, -0.2) is 11.9 Å². The van der Waals surface area contributed by atoms with Crippen LogP contribution in [0.25, 0.3) is 0 Å². The summed E-state index contributed by atoms with van der Waals surface area (Å²) in [4.78, 5) is 21.5. The normalized spacial score (nSPS) is 9.88. The van der Waals surface area contributed by atoms with Crippen molar-refractivity contribution in [3.63, 3.8) is 0 Å². The quantitative estimate of drug-likeness (QED) is 0.839. The van der Waals surface area contributed by atoms with E-state index in [2.05, 4.69) is 27.9 Å². The molecule has 0 saturated heterocycles. The molecule has 0 bridgehead atoms. The molecule has 5 heteroatoms. The molecule has 0 saturated carbocycles. The van der Waals surface area contributed by atoms with Crippen LogP contribution in [-0.2, 0) is 9.59 Å². The van der Waals surface area contributed by atoms with E-state index >= 15 is 0 Å². The van der Waals surface area contributed by atoms with Gasteiger partial charge in [-0.3, -0.25) is 4.79 Å². The summed E-state index contributed by atoms with van der Waals surface area (Å²) in [5, 5.41) is 12.8. The molecule has 0 radical (unpaired) electrons. The molecule has 0 aromatic heterocycles. The molecule has 1 aromatic rings. The largest absolute Gasteiger partial charge is 0.550 e. The summed E-state index contributed by atoms with van der Waals surface area (Å²) in [6.07, 6.45) is -0.318. The molecule has 0 atom stereocenters. The molecule has 0 aliphatic carbocycles. The Morgan fingerprint density at radius 1 is 1.38 bits per heavy atom. The summed E-state index contributed by atoms with van der Waals surface area (Å²) < 4.78 is 1.05. The van der Waals surface area contributed by atoms with Gasteiger partial charge in [0.25, 0.3) is 0 Å². The molecule has 0 aliphatic rings. The van der Waals surface area contributed by atoms with E-state index in [1.165, 1.54) is 0 Å². The number of carboxylic acid groups (broad SMARTS) is 1. The Morgan fingerprint density at radius 2 is 2.06 bits per heavy atom. The zero-order valence-corrected chi connectivity index (χ0v) is 10.9. The second kappa shape index (κ2) is 5.83. The average Bonchev–Trinajstić information content (AvgIpc) is 2.21. The van der Waals surface area contributed by atoms with E-state index in [0.29, 0.717) is 5.69 Å². The van der Waals surface area contributed by atoms with E-state index in [9.17, 15) is 14.7 Å². The van der Waals surface area contributed by atoms with Crippen molar-refractivity contribution in [2.24, 2.45) is 0 Å². The van der Waals surface area contributed by atoms with Crippen LogP contribution < -0.4 is 10.4 Å². The van der Waals surface area contributed by atoms with Gasteiger partial charge in [-0.1, -0.05) is 6.07 Å². The minimum Gasteiger partial charge on any atom is -0.550 e. The van der Waals surface area contributed by atoms with Crippen LogP contribution in [0.1, 0.15) is 18.4 Å². The number of nitrogens with one attached hydrogen (secondary N) is 1. The molecule has 0 fully saturated rings. The van der Waals surface area contributed by atoms with Gasteiger partial charge < -0.3 is 15.2 Å². The van der Waals surface area contributed by atoms with Gasteiger partial charge in [-0.2, -0.15) is 0 Å². The maximum Gasteiger partial charge on any atom is 0.224 e. The Kier molecular flexibility index (Phi) is 4.72. The Labute approximate surface area is 107 Å². The summed E-state index contributed by atoms with van der Waals surface area (Å²) >= 11 is 2.17. The fraction of sp³-hybridized carbons (Fsp3) is 0.273. The van der Waals surface area contributed by atoms with Gasteiger partial charge >= 0.3 is 0 Å². The maximum absolute atomic E-state index is 11.3. The molecule has 0 spiro atoms. The minimum atomic E-state index is -1.21. The third-order valence-corrected chi connectivity index (χ3v) is 3.17. The van der Waals surface area contributed by atoms with Crippen LogP contribution >= 0.6 is 22.6 Å². The van der Waals surface area contributed by atoms with Gasteiger partial charge in [-0.25, -0.2) is 0 Å². The lowest BCUT2D eigenvalue weighted by molar-refractivity contribution is -0.305. The highest BCUT2D eigenvalue weighted by atomic mass is 127. The monoisotopic (exact) mass is 332 g/mol. The number of hydrogen-bond donors (Lipinski definition) is 1. The summed E-state index contributed by atoms with van der Waals surface area (Å²) in [5.41, 5.74) is 1.81. The van der Waals surface area contributed by atoms with Gasteiger partial charge in [-0.15, -0.1) is 0 Å². The first-order valence-corrected chi connectivity index (χ1v) is 5.83. The molecule has 16 heavy (non-hydrogen) atoms. The van der Waals surface area contributed by atoms with Gasteiger partial charge in [-0.05, 0) is 53.6 Å². The molecular formula is C11H11INO3-. The lowest BCUT2D eigenvalue weighted by Gasteiger charge is -2.07. The van der Waals surface area contributed by atoms with E-state index in [-0.39, 0.29) is 18.7 Å². The summed E-state index contributed by atoms with van der Waals surface area (Å²) in [6.45, 7) is 1.98. The van der Waals surface area contributed by atoms with Crippen molar-refractivity contribution in [3.05, 3.63) is 27.3 Å². The predicted octanol–water partition coefficient (Wildman–Crippen LogP) is 1.07. The standard InChI is InChI=1S/C11H12INO3/c1-7-2-3-8(6-9(7)12)13-10(14)4-5-11(15)16/h2-3,6H,4-5H2,1H3,(H,13,14)(H,15,16)/p-1. The lowest BCUT2D eigenvalue weighted by Crippen LogP contribution is -2.24. The molecule has 86 valence electrons. The van der Waals surface area contributed by atoms with E-state index in [0.717, 1.165) is 9.13 Å². The molecule has 1 aromatic carbocycles. The van der Waals surface area contributed by atoms with Crippen LogP contribution in [0.5, 0.6) is 0 Å². The van der Waals surface area contributed by atoms with Gasteiger partial charge in [0, 0.05) is 21.6 Å². The number of aliphatic carboxylic acids is 1. The molecule has 0 unspecified atom stereocenters. The first-order valence-electron chi connectivity index (χ1n) is 4.75. The molecular weight excluding hydrogens is 321 g/mol. The van der Waals surface area contributed by atoms with E-state index in [1.807, 2.05) is 19.1 Å². The first kappa shape index (κ1) is 13.0. The number of hydrogen-bond acceptors (Lipinski definition) is 3. The van der Waals surface area contributed by atoms with Gasteiger partial charge in [0.2, 0.25) is 5.91 Å². The lowest BCUT2D eigenvalue weighted by atomic mass is 10.2. The van der Waals surface area contributed by atoms with Gasteiger partial charge in [0.05, 0.1) is 0 Å². The number of carbonyl (C=O) groups excluding carboxylic acids is 2. The Balaban J connectivity index is 2.56. The molecule has 1 amide bonds. The number of amides is 1. The highest BCUT2D eigenvalue weighted by Gasteiger charge is 2.03. The molecule has 4 nitrogen and oxygen atoms in total. The number of carbonyl (C=O) groups is 2. The van der Waals surface area contributed by atoms with E-state index in [4.69, 9.17) is 0 Å². The van der Waals surface area contributed by atoms with Crippen LogP contribution in [0, 0.1) is 10.5 Å². The zero-order chi connectivity index (χ0) is 12.1. The molecule has 0 aliphatic heterocycles. The Morgan fingerprint density at radius 3 is 2.62 bits per heavy atom. The Bertz CT molecular complexity index is 418. The number of carboxylic acids is 1. The second-order valence-corrected chi connectivity index (χ2v) is 4.55. The van der Waals surface area contributed by atoms with Crippen molar-refractivity contribution in [2.45, 2.75) is 19.8 Å². The van der Waals surface area contributed by atoms with Crippen molar-refractivity contribution >= 4 is 40.2 Å². The van der Waals surface area contributed by atoms with E-state index in [1.54, 1.807) is 6.07 Å². The predicted molar refractivity (Wildman–Crippen MR) is 66.8 cm³/mol. The minimum absolute atomic E-state index is 0.0627. The number of benzene rings is 1. The SMILES string of the molecule is Cc1ccc(NC(=O)CCC(=O)[O-])cc1I. The van der Waals surface area contributed by atoms with Gasteiger partial charge in [0.15, 0.2) is 0 Å². The molecule has 0 heterocycles. The van der Waals surface area contributed by atoms with Crippen molar-refractivity contribution in [2.75, 3.05) is 5.32 Å². The topological polar surface area (TPSA) is 69.2 Å². The van der Waals surface area contributed by atoms with Crippen LogP contribution in [0.2, 0.25) is 0 Å². The van der Waals surface area contributed by atoms with Crippen LogP contribution in [0.3, 0.4) is 0 Å². The average molecular weight is 332 g/mol.